The monoisotopic (exact) mass is 260 g/mol. The molecule has 0 saturated heterocycles. The SMILES string of the molecule is COc1c(C)c(C)cc(C)c1CN(C)C(=O)CC#N. The standard InChI is InChI=1S/C15H20N2O2/c1-10-8-11(2)13(15(19-5)12(10)3)9-17(4)14(18)6-7-16/h8H,6,9H2,1-5H3. The topological polar surface area (TPSA) is 53.3 Å². The van der Waals surface area contributed by atoms with Gasteiger partial charge < -0.3 is 9.64 Å². The molecule has 0 fully saturated rings. The van der Waals surface area contributed by atoms with Gasteiger partial charge in [-0.15, -0.1) is 0 Å². The van der Waals surface area contributed by atoms with Crippen LogP contribution >= 0.6 is 0 Å². The Morgan fingerprint density at radius 2 is 2.00 bits per heavy atom. The quantitative estimate of drug-likeness (QED) is 0.835. The largest absolute Gasteiger partial charge is 0.496 e. The summed E-state index contributed by atoms with van der Waals surface area (Å²) >= 11 is 0. The van der Waals surface area contributed by atoms with E-state index in [1.54, 1.807) is 19.1 Å². The van der Waals surface area contributed by atoms with Crippen LogP contribution in [0.5, 0.6) is 5.75 Å². The first kappa shape index (κ1) is 15.0. The van der Waals surface area contributed by atoms with Crippen molar-refractivity contribution < 1.29 is 9.53 Å². The van der Waals surface area contributed by atoms with Crippen molar-refractivity contribution in [1.29, 1.82) is 5.26 Å². The summed E-state index contributed by atoms with van der Waals surface area (Å²) in [6, 6.07) is 3.97. The molecule has 0 N–H and O–H groups in total. The van der Waals surface area contributed by atoms with Crippen LogP contribution in [0.25, 0.3) is 0 Å². The van der Waals surface area contributed by atoms with Crippen molar-refractivity contribution in [2.45, 2.75) is 33.7 Å². The van der Waals surface area contributed by atoms with Crippen molar-refractivity contribution in [1.82, 2.24) is 4.90 Å². The average Bonchev–Trinajstić information content (AvgIpc) is 2.36. The molecule has 1 amide bonds. The Labute approximate surface area is 114 Å². The fraction of sp³-hybridized carbons (Fsp3) is 0.467. The predicted molar refractivity (Wildman–Crippen MR) is 73.9 cm³/mol. The van der Waals surface area contributed by atoms with Gasteiger partial charge >= 0.3 is 0 Å². The van der Waals surface area contributed by atoms with Crippen molar-refractivity contribution in [3.05, 3.63) is 28.3 Å². The molecule has 1 aromatic carbocycles. The molecular weight excluding hydrogens is 240 g/mol. The van der Waals surface area contributed by atoms with E-state index < -0.39 is 0 Å². The number of hydrogen-bond donors (Lipinski definition) is 0. The number of aryl methyl sites for hydroxylation is 2. The lowest BCUT2D eigenvalue weighted by Gasteiger charge is -2.21. The van der Waals surface area contributed by atoms with E-state index in [9.17, 15) is 4.79 Å². The summed E-state index contributed by atoms with van der Waals surface area (Å²) in [5.41, 5.74) is 4.35. The molecule has 0 heterocycles. The van der Waals surface area contributed by atoms with Gasteiger partial charge in [0.1, 0.15) is 12.2 Å². The molecule has 0 bridgehead atoms. The zero-order valence-corrected chi connectivity index (χ0v) is 12.2. The minimum atomic E-state index is -0.179. The number of hydrogen-bond acceptors (Lipinski definition) is 3. The number of amides is 1. The molecule has 0 spiro atoms. The Balaban J connectivity index is 3.11. The lowest BCUT2D eigenvalue weighted by atomic mass is 9.98. The van der Waals surface area contributed by atoms with E-state index >= 15 is 0 Å². The Hall–Kier alpha value is -2.02. The van der Waals surface area contributed by atoms with Crippen LogP contribution < -0.4 is 4.74 Å². The van der Waals surface area contributed by atoms with E-state index in [-0.39, 0.29) is 12.3 Å². The van der Waals surface area contributed by atoms with Crippen molar-refractivity contribution in [3.8, 4) is 11.8 Å². The van der Waals surface area contributed by atoms with Crippen molar-refractivity contribution >= 4 is 5.91 Å². The van der Waals surface area contributed by atoms with Gasteiger partial charge in [-0.05, 0) is 37.5 Å². The van der Waals surface area contributed by atoms with Crippen molar-refractivity contribution in [2.24, 2.45) is 0 Å². The van der Waals surface area contributed by atoms with E-state index in [0.717, 1.165) is 22.4 Å². The summed E-state index contributed by atoms with van der Waals surface area (Å²) in [5.74, 6) is 0.649. The lowest BCUT2D eigenvalue weighted by Crippen LogP contribution is -2.26. The van der Waals surface area contributed by atoms with E-state index in [2.05, 4.69) is 6.07 Å². The van der Waals surface area contributed by atoms with E-state index in [1.165, 1.54) is 5.56 Å². The highest BCUT2D eigenvalue weighted by molar-refractivity contribution is 5.78. The summed E-state index contributed by atoms with van der Waals surface area (Å²) in [5, 5.41) is 8.57. The minimum absolute atomic E-state index is 0.0945. The lowest BCUT2D eigenvalue weighted by molar-refractivity contribution is -0.129. The second-order valence-electron chi connectivity index (χ2n) is 4.73. The first-order valence-corrected chi connectivity index (χ1v) is 6.17. The van der Waals surface area contributed by atoms with Crippen LogP contribution in [-0.2, 0) is 11.3 Å². The van der Waals surface area contributed by atoms with Gasteiger partial charge in [-0.2, -0.15) is 5.26 Å². The van der Waals surface area contributed by atoms with Crippen molar-refractivity contribution in [2.75, 3.05) is 14.2 Å². The van der Waals surface area contributed by atoms with Gasteiger partial charge in [0.15, 0.2) is 0 Å². The maximum atomic E-state index is 11.7. The van der Waals surface area contributed by atoms with E-state index in [1.807, 2.05) is 26.8 Å². The molecule has 0 radical (unpaired) electrons. The minimum Gasteiger partial charge on any atom is -0.496 e. The van der Waals surface area contributed by atoms with E-state index in [0.29, 0.717) is 6.54 Å². The van der Waals surface area contributed by atoms with Gasteiger partial charge in [0, 0.05) is 19.2 Å². The average molecular weight is 260 g/mol. The third-order valence-electron chi connectivity index (χ3n) is 3.37. The normalized spacial score (nSPS) is 9.89. The molecule has 0 aliphatic carbocycles. The number of carbonyl (C=O) groups excluding carboxylic acids is 1. The molecule has 0 aliphatic rings. The van der Waals surface area contributed by atoms with E-state index in [4.69, 9.17) is 10.00 Å². The highest BCUT2D eigenvalue weighted by Crippen LogP contribution is 2.30. The summed E-state index contributed by atoms with van der Waals surface area (Å²) in [4.78, 5) is 13.2. The molecule has 1 aromatic rings. The van der Waals surface area contributed by atoms with Crippen LogP contribution in [0.3, 0.4) is 0 Å². The molecule has 102 valence electrons. The fourth-order valence-electron chi connectivity index (χ4n) is 2.11. The number of ether oxygens (including phenoxy) is 1. The Morgan fingerprint density at radius 1 is 1.37 bits per heavy atom. The fourth-order valence-corrected chi connectivity index (χ4v) is 2.11. The third-order valence-corrected chi connectivity index (χ3v) is 3.37. The molecule has 1 rings (SSSR count). The highest BCUT2D eigenvalue weighted by atomic mass is 16.5. The van der Waals surface area contributed by atoms with Crippen LogP contribution in [0.15, 0.2) is 6.07 Å². The molecule has 0 atom stereocenters. The number of rotatable bonds is 4. The highest BCUT2D eigenvalue weighted by Gasteiger charge is 2.16. The van der Waals surface area contributed by atoms with Crippen LogP contribution in [0, 0.1) is 32.1 Å². The predicted octanol–water partition coefficient (Wildman–Crippen LogP) is 2.49. The van der Waals surface area contributed by atoms with Gasteiger partial charge in [0.25, 0.3) is 0 Å². The van der Waals surface area contributed by atoms with Crippen molar-refractivity contribution in [3.63, 3.8) is 0 Å². The van der Waals surface area contributed by atoms with Crippen LogP contribution in [-0.4, -0.2) is 25.0 Å². The molecule has 0 aromatic heterocycles. The molecule has 19 heavy (non-hydrogen) atoms. The maximum absolute atomic E-state index is 11.7. The van der Waals surface area contributed by atoms with Gasteiger partial charge in [-0.1, -0.05) is 6.07 Å². The summed E-state index contributed by atoms with van der Waals surface area (Å²) in [6.45, 7) is 6.51. The first-order chi connectivity index (χ1) is 8.92. The second kappa shape index (κ2) is 6.24. The van der Waals surface area contributed by atoms with Gasteiger partial charge in [0.2, 0.25) is 5.91 Å². The smallest absolute Gasteiger partial charge is 0.236 e. The number of nitriles is 1. The molecular formula is C15H20N2O2. The zero-order chi connectivity index (χ0) is 14.6. The third kappa shape index (κ3) is 3.25. The maximum Gasteiger partial charge on any atom is 0.236 e. The number of nitrogens with zero attached hydrogens (tertiary/aromatic N) is 2. The van der Waals surface area contributed by atoms with Crippen LogP contribution in [0.2, 0.25) is 0 Å². The molecule has 0 aliphatic heterocycles. The first-order valence-electron chi connectivity index (χ1n) is 6.17. The number of carbonyl (C=O) groups is 1. The number of benzene rings is 1. The Morgan fingerprint density at radius 3 is 2.53 bits per heavy atom. The second-order valence-corrected chi connectivity index (χ2v) is 4.73. The Bertz CT molecular complexity index is 530. The zero-order valence-electron chi connectivity index (χ0n) is 12.2. The molecule has 0 unspecified atom stereocenters. The van der Waals surface area contributed by atoms with Crippen LogP contribution in [0.1, 0.15) is 28.7 Å². The van der Waals surface area contributed by atoms with Crippen LogP contribution in [0.4, 0.5) is 0 Å². The molecule has 4 heteroatoms. The summed E-state index contributed by atoms with van der Waals surface area (Å²) in [6.07, 6.45) is -0.0945. The summed E-state index contributed by atoms with van der Waals surface area (Å²) in [7, 11) is 3.34. The van der Waals surface area contributed by atoms with Gasteiger partial charge in [-0.25, -0.2) is 0 Å². The van der Waals surface area contributed by atoms with Gasteiger partial charge in [-0.3, -0.25) is 4.79 Å². The summed E-state index contributed by atoms with van der Waals surface area (Å²) < 4.78 is 5.48. The molecule has 0 saturated carbocycles. The number of methoxy groups -OCH3 is 1. The molecule has 4 nitrogen and oxygen atoms in total. The Kier molecular flexibility index (Phi) is 4.94. The van der Waals surface area contributed by atoms with Gasteiger partial charge in [0.05, 0.1) is 13.2 Å².